The Morgan fingerprint density at radius 3 is 2.46 bits per heavy atom. The number of benzene rings is 1. The fourth-order valence-corrected chi connectivity index (χ4v) is 5.09. The topological polar surface area (TPSA) is 87.7 Å². The molecule has 0 spiro atoms. The number of hydrogen-bond acceptors (Lipinski definition) is 5. The number of sulfonamides is 1. The maximum absolute atomic E-state index is 12.3. The first-order valence-corrected chi connectivity index (χ1v) is 10.6. The van der Waals surface area contributed by atoms with Crippen molar-refractivity contribution in [3.05, 3.63) is 41.8 Å². The lowest BCUT2D eigenvalue weighted by Gasteiger charge is -2.32. The summed E-state index contributed by atoms with van der Waals surface area (Å²) in [5.74, 6) is 0.724. The molecular weight excluding hydrogens is 374 g/mol. The Hall–Kier alpha value is -2.10. The molecular formula is C17H21N3O4S2. The summed E-state index contributed by atoms with van der Waals surface area (Å²) in [5, 5.41) is 4.58. The largest absolute Gasteiger partial charge is 0.497 e. The quantitative estimate of drug-likeness (QED) is 0.815. The molecule has 2 aromatic rings. The number of methoxy groups -OCH3 is 1. The first-order chi connectivity index (χ1) is 12.5. The Kier molecular flexibility index (Phi) is 5.80. The number of carbonyl (C=O) groups is 1. The SMILES string of the molecule is COc1ccc(NC(=O)N2CCC(NS(=O)(=O)c3cccs3)CC2)cc1. The number of nitrogens with one attached hydrogen (secondary N) is 2. The number of ether oxygens (including phenoxy) is 1. The molecule has 1 aliphatic rings. The number of thiophene rings is 1. The van der Waals surface area contributed by atoms with Crippen LogP contribution in [0.1, 0.15) is 12.8 Å². The first kappa shape index (κ1) is 18.7. The summed E-state index contributed by atoms with van der Waals surface area (Å²) in [5.41, 5.74) is 0.691. The van der Waals surface area contributed by atoms with Crippen LogP contribution in [0, 0.1) is 0 Å². The molecule has 2 heterocycles. The zero-order valence-corrected chi connectivity index (χ0v) is 16.0. The maximum Gasteiger partial charge on any atom is 0.321 e. The average Bonchev–Trinajstić information content (AvgIpc) is 3.18. The third-order valence-corrected chi connectivity index (χ3v) is 7.12. The molecule has 1 aliphatic heterocycles. The Bertz CT molecular complexity index is 827. The van der Waals surface area contributed by atoms with Crippen molar-refractivity contribution in [2.45, 2.75) is 23.1 Å². The first-order valence-electron chi connectivity index (χ1n) is 8.24. The van der Waals surface area contributed by atoms with Crippen LogP contribution in [0.5, 0.6) is 5.75 Å². The maximum atomic E-state index is 12.3. The van der Waals surface area contributed by atoms with Gasteiger partial charge in [0.15, 0.2) is 0 Å². The number of nitrogens with zero attached hydrogens (tertiary/aromatic N) is 1. The normalized spacial score (nSPS) is 15.7. The van der Waals surface area contributed by atoms with Gasteiger partial charge >= 0.3 is 6.03 Å². The van der Waals surface area contributed by atoms with Gasteiger partial charge in [-0.3, -0.25) is 0 Å². The summed E-state index contributed by atoms with van der Waals surface area (Å²) in [7, 11) is -1.88. The van der Waals surface area contributed by atoms with Crippen LogP contribution in [0.3, 0.4) is 0 Å². The van der Waals surface area contributed by atoms with Crippen LogP contribution in [-0.2, 0) is 10.0 Å². The zero-order valence-electron chi connectivity index (χ0n) is 14.3. The van der Waals surface area contributed by atoms with E-state index in [-0.39, 0.29) is 12.1 Å². The van der Waals surface area contributed by atoms with Crippen molar-refractivity contribution in [3.63, 3.8) is 0 Å². The summed E-state index contributed by atoms with van der Waals surface area (Å²) >= 11 is 1.19. The van der Waals surface area contributed by atoms with Gasteiger partial charge in [-0.2, -0.15) is 0 Å². The smallest absolute Gasteiger partial charge is 0.321 e. The second kappa shape index (κ2) is 8.07. The highest BCUT2D eigenvalue weighted by Crippen LogP contribution is 2.20. The minimum Gasteiger partial charge on any atom is -0.497 e. The van der Waals surface area contributed by atoms with Gasteiger partial charge in [0.2, 0.25) is 10.0 Å². The number of anilines is 1. The summed E-state index contributed by atoms with van der Waals surface area (Å²) in [6.45, 7) is 0.999. The van der Waals surface area contributed by atoms with Gasteiger partial charge in [-0.15, -0.1) is 11.3 Å². The lowest BCUT2D eigenvalue weighted by Crippen LogP contribution is -2.47. The van der Waals surface area contributed by atoms with E-state index < -0.39 is 10.0 Å². The molecule has 1 saturated heterocycles. The molecule has 0 radical (unpaired) electrons. The Morgan fingerprint density at radius 1 is 1.19 bits per heavy atom. The van der Waals surface area contributed by atoms with E-state index in [1.807, 2.05) is 0 Å². The molecule has 7 nitrogen and oxygen atoms in total. The molecule has 1 aromatic carbocycles. The second-order valence-corrected chi connectivity index (χ2v) is 8.86. The van der Waals surface area contributed by atoms with E-state index in [9.17, 15) is 13.2 Å². The van der Waals surface area contributed by atoms with E-state index in [4.69, 9.17) is 4.74 Å². The van der Waals surface area contributed by atoms with Crippen LogP contribution in [-0.4, -0.2) is 45.6 Å². The number of amides is 2. The fourth-order valence-electron chi connectivity index (χ4n) is 2.77. The highest BCUT2D eigenvalue weighted by atomic mass is 32.2. The van der Waals surface area contributed by atoms with E-state index in [2.05, 4.69) is 10.0 Å². The molecule has 9 heteroatoms. The molecule has 26 heavy (non-hydrogen) atoms. The van der Waals surface area contributed by atoms with Gasteiger partial charge in [0, 0.05) is 24.8 Å². The van der Waals surface area contributed by atoms with Gasteiger partial charge in [0.25, 0.3) is 0 Å². The number of rotatable bonds is 5. The van der Waals surface area contributed by atoms with Crippen molar-refractivity contribution in [2.75, 3.05) is 25.5 Å². The van der Waals surface area contributed by atoms with Crippen molar-refractivity contribution in [1.29, 1.82) is 0 Å². The molecule has 0 unspecified atom stereocenters. The summed E-state index contributed by atoms with van der Waals surface area (Å²) < 4.78 is 32.7. The predicted molar refractivity (Wildman–Crippen MR) is 101 cm³/mol. The van der Waals surface area contributed by atoms with Gasteiger partial charge < -0.3 is 15.0 Å². The van der Waals surface area contributed by atoms with Gasteiger partial charge in [0.05, 0.1) is 7.11 Å². The van der Waals surface area contributed by atoms with Crippen molar-refractivity contribution in [1.82, 2.24) is 9.62 Å². The van der Waals surface area contributed by atoms with Crippen LogP contribution in [0.2, 0.25) is 0 Å². The summed E-state index contributed by atoms with van der Waals surface area (Å²) in [6.07, 6.45) is 1.17. The zero-order chi connectivity index (χ0) is 18.6. The number of urea groups is 1. The van der Waals surface area contributed by atoms with Crippen LogP contribution >= 0.6 is 11.3 Å². The van der Waals surface area contributed by atoms with Crippen LogP contribution in [0.4, 0.5) is 10.5 Å². The van der Waals surface area contributed by atoms with Crippen molar-refractivity contribution in [3.8, 4) is 5.75 Å². The molecule has 3 rings (SSSR count). The number of hydrogen-bond donors (Lipinski definition) is 2. The van der Waals surface area contributed by atoms with Gasteiger partial charge in [-0.05, 0) is 48.6 Å². The predicted octanol–water partition coefficient (Wildman–Crippen LogP) is 2.73. The van der Waals surface area contributed by atoms with Crippen LogP contribution in [0.25, 0.3) is 0 Å². The van der Waals surface area contributed by atoms with Gasteiger partial charge in [0.1, 0.15) is 9.96 Å². The molecule has 0 bridgehead atoms. The molecule has 0 atom stereocenters. The molecule has 2 N–H and O–H groups in total. The van der Waals surface area contributed by atoms with Crippen LogP contribution < -0.4 is 14.8 Å². The molecule has 1 fully saturated rings. The molecule has 140 valence electrons. The number of likely N-dealkylation sites (tertiary alicyclic amines) is 1. The van der Waals surface area contributed by atoms with E-state index in [1.54, 1.807) is 53.8 Å². The minimum atomic E-state index is -3.47. The lowest BCUT2D eigenvalue weighted by molar-refractivity contribution is 0.193. The van der Waals surface area contributed by atoms with Crippen molar-refractivity contribution < 1.29 is 17.9 Å². The average molecular weight is 396 g/mol. The monoisotopic (exact) mass is 395 g/mol. The van der Waals surface area contributed by atoms with Crippen LogP contribution in [0.15, 0.2) is 46.0 Å². The number of carbonyl (C=O) groups excluding carboxylic acids is 1. The lowest BCUT2D eigenvalue weighted by atomic mass is 10.1. The van der Waals surface area contributed by atoms with Gasteiger partial charge in [-0.1, -0.05) is 6.07 Å². The Labute approximate surface area is 157 Å². The highest BCUT2D eigenvalue weighted by Gasteiger charge is 2.27. The molecule has 1 aromatic heterocycles. The van der Waals surface area contributed by atoms with Gasteiger partial charge in [-0.25, -0.2) is 17.9 Å². The Morgan fingerprint density at radius 2 is 1.88 bits per heavy atom. The molecule has 0 saturated carbocycles. The molecule has 0 aliphatic carbocycles. The van der Waals surface area contributed by atoms with Crippen molar-refractivity contribution >= 4 is 33.1 Å². The van der Waals surface area contributed by atoms with E-state index in [0.717, 1.165) is 5.75 Å². The Balaban J connectivity index is 1.50. The summed E-state index contributed by atoms with van der Waals surface area (Å²) in [6, 6.07) is 10.1. The minimum absolute atomic E-state index is 0.160. The van der Waals surface area contributed by atoms with E-state index in [1.165, 1.54) is 11.3 Å². The van der Waals surface area contributed by atoms with E-state index in [0.29, 0.717) is 35.8 Å². The third-order valence-electron chi connectivity index (χ3n) is 4.21. The second-order valence-electron chi connectivity index (χ2n) is 5.97. The van der Waals surface area contributed by atoms with E-state index >= 15 is 0 Å². The third kappa shape index (κ3) is 4.54. The molecule has 2 amide bonds. The fraction of sp³-hybridized carbons (Fsp3) is 0.353. The highest BCUT2D eigenvalue weighted by molar-refractivity contribution is 7.91. The standard InChI is InChI=1S/C17H21N3O4S2/c1-24-15-6-4-13(5-7-15)18-17(21)20-10-8-14(9-11-20)19-26(22,23)16-3-2-12-25-16/h2-7,12,14,19H,8-11H2,1H3,(H,18,21). The van der Waals surface area contributed by atoms with Crippen molar-refractivity contribution in [2.24, 2.45) is 0 Å². The summed E-state index contributed by atoms with van der Waals surface area (Å²) in [4.78, 5) is 14.0. The number of piperidine rings is 1.